The summed E-state index contributed by atoms with van der Waals surface area (Å²) in [4.78, 5) is 17.7. The molecule has 0 aliphatic carbocycles. The van der Waals surface area contributed by atoms with Crippen molar-refractivity contribution in [3.8, 4) is 0 Å². The Hall–Kier alpha value is -0.850. The number of hydrogen-bond acceptors (Lipinski definition) is 4. The van der Waals surface area contributed by atoms with Crippen LogP contribution in [0.25, 0.3) is 0 Å². The zero-order valence-corrected chi connectivity index (χ0v) is 13.2. The van der Waals surface area contributed by atoms with Crippen LogP contribution in [0.4, 0.5) is 0 Å². The molecule has 1 amide bonds. The van der Waals surface area contributed by atoms with Crippen molar-refractivity contribution in [3.05, 3.63) is 28.0 Å². The number of aromatic nitrogens is 1. The minimum Gasteiger partial charge on any atom is -0.338 e. The summed E-state index contributed by atoms with van der Waals surface area (Å²) in [6.45, 7) is 0.972. The minimum absolute atomic E-state index is 0.0123. The second-order valence-electron chi connectivity index (χ2n) is 5.00. The Morgan fingerprint density at radius 3 is 2.55 bits per heavy atom. The molecule has 1 aliphatic heterocycles. The van der Waals surface area contributed by atoms with Crippen LogP contribution in [0, 0.1) is 5.92 Å². The lowest BCUT2D eigenvalue weighted by molar-refractivity contribution is 0.0788. The van der Waals surface area contributed by atoms with Gasteiger partial charge in [-0.25, -0.2) is 13.4 Å². The van der Waals surface area contributed by atoms with Crippen molar-refractivity contribution < 1.29 is 13.2 Å². The van der Waals surface area contributed by atoms with E-state index in [1.54, 1.807) is 4.90 Å². The van der Waals surface area contributed by atoms with Gasteiger partial charge < -0.3 is 4.90 Å². The van der Waals surface area contributed by atoms with Gasteiger partial charge in [0, 0.05) is 24.9 Å². The van der Waals surface area contributed by atoms with Crippen molar-refractivity contribution in [2.24, 2.45) is 5.92 Å². The Labute approximate surface area is 127 Å². The van der Waals surface area contributed by atoms with E-state index in [0.717, 1.165) is 0 Å². The zero-order valence-electron chi connectivity index (χ0n) is 10.8. The van der Waals surface area contributed by atoms with Crippen molar-refractivity contribution in [1.82, 2.24) is 9.88 Å². The maximum Gasteiger partial charge on any atom is 0.254 e. The molecule has 110 valence electrons. The molecule has 0 N–H and O–H groups in total. The third-order valence-corrected chi connectivity index (χ3v) is 4.59. The predicted molar refractivity (Wildman–Crippen MR) is 78.0 cm³/mol. The molecular weight excluding hydrogens is 323 g/mol. The number of pyridine rings is 1. The molecule has 0 spiro atoms. The first kappa shape index (κ1) is 15.5. The number of rotatable bonds is 3. The number of halogens is 2. The van der Waals surface area contributed by atoms with Crippen molar-refractivity contribution in [3.63, 3.8) is 0 Å². The van der Waals surface area contributed by atoms with Gasteiger partial charge in [-0.05, 0) is 24.5 Å². The van der Waals surface area contributed by atoms with Gasteiger partial charge in [-0.2, -0.15) is 0 Å². The first-order valence-corrected chi connectivity index (χ1v) is 8.86. The molecule has 8 heteroatoms. The highest BCUT2D eigenvalue weighted by Crippen LogP contribution is 2.22. The summed E-state index contributed by atoms with van der Waals surface area (Å²) in [5, 5.41) is 0.320. The number of carbonyl (C=O) groups excluding carboxylic acids is 1. The highest BCUT2D eigenvalue weighted by atomic mass is 35.5. The van der Waals surface area contributed by atoms with Gasteiger partial charge >= 0.3 is 0 Å². The van der Waals surface area contributed by atoms with Gasteiger partial charge in [-0.3, -0.25) is 4.79 Å². The van der Waals surface area contributed by atoms with E-state index in [-0.39, 0.29) is 27.9 Å². The fraction of sp³-hybridized carbons (Fsp3) is 0.500. The van der Waals surface area contributed by atoms with Gasteiger partial charge in [0.25, 0.3) is 5.91 Å². The standard InChI is InChI=1S/C12H14Cl2N2O3S/c1-20(18,19)7-8-2-3-16(6-8)12(17)9-4-10(13)15-11(14)5-9/h4-5,8H,2-3,6-7H2,1H3. The molecule has 5 nitrogen and oxygen atoms in total. The predicted octanol–water partition coefficient (Wildman–Crippen LogP) is 1.90. The summed E-state index contributed by atoms with van der Waals surface area (Å²) in [6.07, 6.45) is 1.89. The number of carbonyl (C=O) groups is 1. The number of sulfone groups is 1. The SMILES string of the molecule is CS(=O)(=O)CC1CCN(C(=O)c2cc(Cl)nc(Cl)c2)C1. The average Bonchev–Trinajstić information content (AvgIpc) is 2.72. The largest absolute Gasteiger partial charge is 0.338 e. The molecule has 1 fully saturated rings. The maximum absolute atomic E-state index is 12.3. The van der Waals surface area contributed by atoms with Gasteiger partial charge in [0.15, 0.2) is 0 Å². The van der Waals surface area contributed by atoms with E-state index in [2.05, 4.69) is 4.98 Å². The van der Waals surface area contributed by atoms with Crippen LogP contribution in [0.1, 0.15) is 16.8 Å². The molecule has 2 heterocycles. The summed E-state index contributed by atoms with van der Waals surface area (Å²) < 4.78 is 22.6. The van der Waals surface area contributed by atoms with Crippen molar-refractivity contribution in [2.75, 3.05) is 25.1 Å². The van der Waals surface area contributed by atoms with Crippen molar-refractivity contribution in [2.45, 2.75) is 6.42 Å². The molecule has 2 rings (SSSR count). The summed E-state index contributed by atoms with van der Waals surface area (Å²) in [6, 6.07) is 2.92. The highest BCUT2D eigenvalue weighted by molar-refractivity contribution is 7.90. The van der Waals surface area contributed by atoms with Crippen LogP contribution in [0.15, 0.2) is 12.1 Å². The Bertz CT molecular complexity index is 613. The molecule has 1 unspecified atom stereocenters. The van der Waals surface area contributed by atoms with Gasteiger partial charge in [-0.15, -0.1) is 0 Å². The fourth-order valence-corrected chi connectivity index (χ4v) is 3.94. The summed E-state index contributed by atoms with van der Waals surface area (Å²) in [5.74, 6) is -0.108. The molecule has 0 bridgehead atoms. The Morgan fingerprint density at radius 1 is 1.40 bits per heavy atom. The molecule has 1 aliphatic rings. The van der Waals surface area contributed by atoms with Crippen molar-refractivity contribution in [1.29, 1.82) is 0 Å². The van der Waals surface area contributed by atoms with Crippen LogP contribution in [0.2, 0.25) is 10.3 Å². The van der Waals surface area contributed by atoms with E-state index in [4.69, 9.17) is 23.2 Å². The number of nitrogens with zero attached hydrogens (tertiary/aromatic N) is 2. The monoisotopic (exact) mass is 336 g/mol. The number of hydrogen-bond donors (Lipinski definition) is 0. The fourth-order valence-electron chi connectivity index (χ4n) is 2.35. The average molecular weight is 337 g/mol. The molecule has 0 radical (unpaired) electrons. The summed E-state index contributed by atoms with van der Waals surface area (Å²) >= 11 is 11.5. The zero-order chi connectivity index (χ0) is 14.9. The third-order valence-electron chi connectivity index (χ3n) is 3.12. The van der Waals surface area contributed by atoms with E-state index in [1.165, 1.54) is 18.4 Å². The molecule has 1 saturated heterocycles. The number of amides is 1. The minimum atomic E-state index is -3.02. The van der Waals surface area contributed by atoms with E-state index in [9.17, 15) is 13.2 Å². The molecule has 0 aromatic carbocycles. The Morgan fingerprint density at radius 2 is 2.00 bits per heavy atom. The molecule has 1 aromatic rings. The van der Waals surface area contributed by atoms with Crippen LogP contribution in [-0.4, -0.2) is 49.3 Å². The van der Waals surface area contributed by atoms with Gasteiger partial charge in [-0.1, -0.05) is 23.2 Å². The van der Waals surface area contributed by atoms with Crippen LogP contribution < -0.4 is 0 Å². The van der Waals surface area contributed by atoms with Crippen molar-refractivity contribution >= 4 is 38.9 Å². The first-order valence-electron chi connectivity index (χ1n) is 6.05. The van der Waals surface area contributed by atoms with Gasteiger partial charge in [0.1, 0.15) is 20.1 Å². The molecule has 1 aromatic heterocycles. The van der Waals surface area contributed by atoms with Gasteiger partial charge in [0.05, 0.1) is 5.75 Å². The Balaban J connectivity index is 2.08. The summed E-state index contributed by atoms with van der Waals surface area (Å²) in [7, 11) is -3.02. The lowest BCUT2D eigenvalue weighted by Gasteiger charge is -2.16. The Kier molecular flexibility index (Phi) is 4.56. The molecule has 0 saturated carbocycles. The second kappa shape index (κ2) is 5.87. The van der Waals surface area contributed by atoms with E-state index >= 15 is 0 Å². The van der Waals surface area contributed by atoms with Crippen LogP contribution >= 0.6 is 23.2 Å². The van der Waals surface area contributed by atoms with Crippen LogP contribution in [-0.2, 0) is 9.84 Å². The smallest absolute Gasteiger partial charge is 0.254 e. The number of likely N-dealkylation sites (tertiary alicyclic amines) is 1. The second-order valence-corrected chi connectivity index (χ2v) is 7.96. The maximum atomic E-state index is 12.3. The normalized spacial score (nSPS) is 19.4. The highest BCUT2D eigenvalue weighted by Gasteiger charge is 2.29. The third kappa shape index (κ3) is 4.07. The molecular formula is C12H14Cl2N2O3S. The van der Waals surface area contributed by atoms with Crippen LogP contribution in [0.3, 0.4) is 0 Å². The first-order chi connectivity index (χ1) is 9.24. The lowest BCUT2D eigenvalue weighted by atomic mass is 10.2. The summed E-state index contributed by atoms with van der Waals surface area (Å²) in [5.41, 5.74) is 0.370. The van der Waals surface area contributed by atoms with E-state index in [1.807, 2.05) is 0 Å². The van der Waals surface area contributed by atoms with Crippen LogP contribution in [0.5, 0.6) is 0 Å². The van der Waals surface area contributed by atoms with E-state index in [0.29, 0.717) is 25.1 Å². The topological polar surface area (TPSA) is 67.3 Å². The quantitative estimate of drug-likeness (QED) is 0.790. The lowest BCUT2D eigenvalue weighted by Crippen LogP contribution is -2.29. The molecule has 20 heavy (non-hydrogen) atoms. The van der Waals surface area contributed by atoms with E-state index < -0.39 is 9.84 Å². The van der Waals surface area contributed by atoms with Gasteiger partial charge in [0.2, 0.25) is 0 Å². The molecule has 1 atom stereocenters.